The van der Waals surface area contributed by atoms with Gasteiger partial charge in [0.1, 0.15) is 26.1 Å². The second-order valence-electron chi connectivity index (χ2n) is 6.89. The molecule has 0 aliphatic carbocycles. The molecule has 2 aromatic carbocycles. The highest BCUT2D eigenvalue weighted by Crippen LogP contribution is 2.26. The Morgan fingerprint density at radius 3 is 2.42 bits per heavy atom. The van der Waals surface area contributed by atoms with E-state index in [1.165, 1.54) is 7.11 Å². The van der Waals surface area contributed by atoms with Crippen molar-refractivity contribution in [3.05, 3.63) is 64.2 Å². The first-order chi connectivity index (χ1) is 15.0. The van der Waals surface area contributed by atoms with Gasteiger partial charge in [-0.2, -0.15) is 0 Å². The van der Waals surface area contributed by atoms with Gasteiger partial charge in [-0.25, -0.2) is 0 Å². The van der Waals surface area contributed by atoms with E-state index in [9.17, 15) is 4.79 Å². The lowest BCUT2D eigenvalue weighted by molar-refractivity contribution is -0.114. The van der Waals surface area contributed by atoms with E-state index in [0.717, 1.165) is 40.1 Å². The molecule has 0 aromatic heterocycles. The van der Waals surface area contributed by atoms with Crippen LogP contribution in [0.5, 0.6) is 5.75 Å². The van der Waals surface area contributed by atoms with Gasteiger partial charge in [0.05, 0.1) is 5.71 Å². The summed E-state index contributed by atoms with van der Waals surface area (Å²) in [5, 5.41) is 10.7. The highest BCUT2D eigenvalue weighted by molar-refractivity contribution is 6.45. The van der Waals surface area contributed by atoms with Gasteiger partial charge in [-0.1, -0.05) is 41.5 Å². The van der Waals surface area contributed by atoms with Crippen LogP contribution in [0.15, 0.2) is 46.7 Å². The molecular formula is C24H31N3O4. The second kappa shape index (κ2) is 11.7. The molecule has 0 saturated heterocycles. The molecule has 0 fully saturated rings. The zero-order chi connectivity index (χ0) is 22.8. The summed E-state index contributed by atoms with van der Waals surface area (Å²) in [6, 6.07) is 11.6. The van der Waals surface area contributed by atoms with Gasteiger partial charge in [0.15, 0.2) is 5.71 Å². The quantitative estimate of drug-likeness (QED) is 0.458. The first-order valence-electron chi connectivity index (χ1n) is 10.3. The van der Waals surface area contributed by atoms with E-state index in [4.69, 9.17) is 14.4 Å². The van der Waals surface area contributed by atoms with Gasteiger partial charge >= 0.3 is 0 Å². The van der Waals surface area contributed by atoms with Crippen LogP contribution in [0.4, 0.5) is 0 Å². The first kappa shape index (κ1) is 23.9. The molecule has 0 unspecified atom stereocenters. The molecule has 7 nitrogen and oxygen atoms in total. The number of oxime groups is 2. The number of hydrogen-bond donors (Lipinski definition) is 1. The van der Waals surface area contributed by atoms with Gasteiger partial charge in [-0.05, 0) is 56.0 Å². The molecule has 0 saturated carbocycles. The molecule has 31 heavy (non-hydrogen) atoms. The Balaban J connectivity index is 2.31. The Hall–Kier alpha value is -3.35. The van der Waals surface area contributed by atoms with Gasteiger partial charge in [0.2, 0.25) is 0 Å². The standard InChI is InChI=1S/C24H31N3O4/c1-7-21(26-31-8-2)20-13-17(4)22(14-16(20)3)30-15-18-11-9-10-12-19(18)23(27-29-6)24(28)25-5/h9-14H,7-8,15H2,1-6H3,(H,25,28)/b26-21+,27-23+. The number of nitrogens with zero attached hydrogens (tertiary/aromatic N) is 2. The van der Waals surface area contributed by atoms with E-state index in [1.54, 1.807) is 7.05 Å². The first-order valence-corrected chi connectivity index (χ1v) is 10.3. The summed E-state index contributed by atoms with van der Waals surface area (Å²) in [4.78, 5) is 22.4. The smallest absolute Gasteiger partial charge is 0.273 e. The molecule has 0 aliphatic rings. The van der Waals surface area contributed by atoms with Crippen molar-refractivity contribution in [2.24, 2.45) is 10.3 Å². The highest BCUT2D eigenvalue weighted by atomic mass is 16.6. The van der Waals surface area contributed by atoms with Crippen molar-refractivity contribution in [2.45, 2.75) is 40.7 Å². The predicted molar refractivity (Wildman–Crippen MR) is 123 cm³/mol. The van der Waals surface area contributed by atoms with E-state index < -0.39 is 0 Å². The third-order valence-corrected chi connectivity index (χ3v) is 4.75. The van der Waals surface area contributed by atoms with Crippen molar-refractivity contribution in [3.8, 4) is 5.75 Å². The molecule has 0 bridgehead atoms. The lowest BCUT2D eigenvalue weighted by Gasteiger charge is -2.16. The average Bonchev–Trinajstić information content (AvgIpc) is 2.78. The van der Waals surface area contributed by atoms with Crippen LogP contribution in [-0.2, 0) is 21.1 Å². The zero-order valence-corrected chi connectivity index (χ0v) is 19.1. The molecule has 1 amide bonds. The minimum absolute atomic E-state index is 0.201. The number of aryl methyl sites for hydroxylation is 2. The summed E-state index contributed by atoms with van der Waals surface area (Å²) in [7, 11) is 2.97. The van der Waals surface area contributed by atoms with Gasteiger partial charge in [-0.15, -0.1) is 0 Å². The topological polar surface area (TPSA) is 81.5 Å². The SMILES string of the molecule is CCO/N=C(\CC)c1cc(C)c(OCc2ccccc2/C(=N\OC)C(=O)NC)cc1C. The van der Waals surface area contributed by atoms with E-state index >= 15 is 0 Å². The Morgan fingerprint density at radius 2 is 1.77 bits per heavy atom. The summed E-state index contributed by atoms with van der Waals surface area (Å²) in [5.74, 6) is 0.444. The molecule has 0 spiro atoms. The van der Waals surface area contributed by atoms with Crippen LogP contribution in [0.1, 0.15) is 48.1 Å². The van der Waals surface area contributed by atoms with Crippen molar-refractivity contribution < 1.29 is 19.2 Å². The number of benzene rings is 2. The molecule has 0 aliphatic heterocycles. The Morgan fingerprint density at radius 1 is 1.03 bits per heavy atom. The molecule has 7 heteroatoms. The third kappa shape index (κ3) is 6.07. The summed E-state index contributed by atoms with van der Waals surface area (Å²) < 4.78 is 6.14. The molecule has 1 N–H and O–H groups in total. The fraction of sp³-hybridized carbons (Fsp3) is 0.375. The van der Waals surface area contributed by atoms with E-state index in [1.807, 2.05) is 51.1 Å². The maximum absolute atomic E-state index is 12.2. The summed E-state index contributed by atoms with van der Waals surface area (Å²) in [6.07, 6.45) is 0.773. The summed E-state index contributed by atoms with van der Waals surface area (Å²) in [5.41, 5.74) is 5.70. The normalized spacial score (nSPS) is 11.8. The molecule has 2 aromatic rings. The number of ether oxygens (including phenoxy) is 1. The maximum atomic E-state index is 12.2. The molecule has 166 valence electrons. The van der Waals surface area contributed by atoms with E-state index in [0.29, 0.717) is 12.2 Å². The Labute approximate surface area is 184 Å². The van der Waals surface area contributed by atoms with Crippen LogP contribution < -0.4 is 10.1 Å². The molecule has 0 radical (unpaired) electrons. The number of likely N-dealkylation sites (N-methyl/N-ethyl adjacent to an activating group) is 1. The van der Waals surface area contributed by atoms with Crippen molar-refractivity contribution in [2.75, 3.05) is 20.8 Å². The fourth-order valence-electron chi connectivity index (χ4n) is 3.16. The van der Waals surface area contributed by atoms with Gasteiger partial charge in [-0.3, -0.25) is 4.79 Å². The van der Waals surface area contributed by atoms with Crippen LogP contribution in [0, 0.1) is 13.8 Å². The fourth-order valence-corrected chi connectivity index (χ4v) is 3.16. The van der Waals surface area contributed by atoms with Crippen molar-refractivity contribution in [1.29, 1.82) is 0 Å². The lowest BCUT2D eigenvalue weighted by Crippen LogP contribution is -2.29. The van der Waals surface area contributed by atoms with Crippen LogP contribution >= 0.6 is 0 Å². The number of hydrogen-bond acceptors (Lipinski definition) is 6. The maximum Gasteiger partial charge on any atom is 0.273 e. The summed E-state index contributed by atoms with van der Waals surface area (Å²) in [6.45, 7) is 8.81. The number of amides is 1. The Kier molecular flexibility index (Phi) is 9.06. The van der Waals surface area contributed by atoms with Crippen LogP contribution in [-0.4, -0.2) is 38.1 Å². The number of nitrogens with one attached hydrogen (secondary N) is 1. The van der Waals surface area contributed by atoms with Crippen molar-refractivity contribution in [1.82, 2.24) is 5.32 Å². The minimum atomic E-state index is -0.327. The Bertz CT molecular complexity index is 967. The van der Waals surface area contributed by atoms with Gasteiger partial charge < -0.3 is 19.7 Å². The average molecular weight is 426 g/mol. The monoisotopic (exact) mass is 425 g/mol. The predicted octanol–water partition coefficient (Wildman–Crippen LogP) is 4.13. The van der Waals surface area contributed by atoms with Crippen molar-refractivity contribution in [3.63, 3.8) is 0 Å². The molecule has 0 atom stereocenters. The molecule has 2 rings (SSSR count). The largest absolute Gasteiger partial charge is 0.489 e. The van der Waals surface area contributed by atoms with Crippen LogP contribution in [0.25, 0.3) is 0 Å². The molecular weight excluding hydrogens is 394 g/mol. The lowest BCUT2D eigenvalue weighted by atomic mass is 9.99. The van der Waals surface area contributed by atoms with Gasteiger partial charge in [0.25, 0.3) is 5.91 Å². The number of rotatable bonds is 10. The second-order valence-corrected chi connectivity index (χ2v) is 6.89. The van der Waals surface area contributed by atoms with Crippen LogP contribution in [0.3, 0.4) is 0 Å². The van der Waals surface area contributed by atoms with Gasteiger partial charge in [0, 0.05) is 18.2 Å². The number of carbonyl (C=O) groups excluding carboxylic acids is 1. The zero-order valence-electron chi connectivity index (χ0n) is 19.1. The third-order valence-electron chi connectivity index (χ3n) is 4.75. The van der Waals surface area contributed by atoms with Crippen LogP contribution in [0.2, 0.25) is 0 Å². The number of carbonyl (C=O) groups is 1. The minimum Gasteiger partial charge on any atom is -0.489 e. The van der Waals surface area contributed by atoms with Crippen molar-refractivity contribution >= 4 is 17.3 Å². The highest BCUT2D eigenvalue weighted by Gasteiger charge is 2.18. The van der Waals surface area contributed by atoms with E-state index in [-0.39, 0.29) is 18.2 Å². The summed E-state index contributed by atoms with van der Waals surface area (Å²) >= 11 is 0. The van der Waals surface area contributed by atoms with E-state index in [2.05, 4.69) is 28.6 Å². The molecule has 0 heterocycles.